The van der Waals surface area contributed by atoms with Crippen LogP contribution in [0.15, 0.2) is 49.1 Å². The standard InChI is InChI=1S/C17H11ClN4O3/c18-15-6-12(22-8-19-20-9-22)3-4-13(15)16(23)21-11-2-1-10-7-25-17(24)14(10)5-11/h1-6,8-9H,7H2,(H,21,23). The molecule has 0 saturated heterocycles. The molecule has 1 amide bonds. The Bertz CT molecular complexity index is 986. The number of nitrogens with zero attached hydrogens (tertiary/aromatic N) is 3. The maximum atomic E-state index is 12.5. The highest BCUT2D eigenvalue weighted by atomic mass is 35.5. The monoisotopic (exact) mass is 354 g/mol. The molecule has 4 rings (SSSR count). The largest absolute Gasteiger partial charge is 0.457 e. The zero-order valence-electron chi connectivity index (χ0n) is 12.8. The van der Waals surface area contributed by atoms with E-state index in [0.29, 0.717) is 21.8 Å². The molecule has 0 fully saturated rings. The molecule has 1 N–H and O–H groups in total. The van der Waals surface area contributed by atoms with Gasteiger partial charge in [0.1, 0.15) is 19.3 Å². The van der Waals surface area contributed by atoms with E-state index in [-0.39, 0.29) is 18.5 Å². The first-order valence-corrected chi connectivity index (χ1v) is 7.75. The Labute approximate surface area is 147 Å². The molecule has 2 aromatic carbocycles. The van der Waals surface area contributed by atoms with Gasteiger partial charge in [0.2, 0.25) is 0 Å². The molecule has 0 spiro atoms. The molecule has 0 aliphatic carbocycles. The second-order valence-corrected chi connectivity index (χ2v) is 5.84. The minimum Gasteiger partial charge on any atom is -0.457 e. The average Bonchev–Trinajstić information content (AvgIpc) is 3.25. The maximum Gasteiger partial charge on any atom is 0.338 e. The SMILES string of the molecule is O=C(Nc1ccc2c(c1)C(=O)OC2)c1ccc(-n2cnnc2)cc1Cl. The molecule has 7 nitrogen and oxygen atoms in total. The van der Waals surface area contributed by atoms with E-state index in [9.17, 15) is 9.59 Å². The molecule has 124 valence electrons. The minimum absolute atomic E-state index is 0.263. The summed E-state index contributed by atoms with van der Waals surface area (Å²) in [5, 5.41) is 10.5. The lowest BCUT2D eigenvalue weighted by Crippen LogP contribution is -2.13. The van der Waals surface area contributed by atoms with Gasteiger partial charge < -0.3 is 10.1 Å². The van der Waals surface area contributed by atoms with Crippen molar-refractivity contribution in [1.29, 1.82) is 0 Å². The van der Waals surface area contributed by atoms with Gasteiger partial charge in [0.25, 0.3) is 5.91 Å². The van der Waals surface area contributed by atoms with Crippen LogP contribution < -0.4 is 5.32 Å². The molecular weight excluding hydrogens is 344 g/mol. The van der Waals surface area contributed by atoms with Crippen LogP contribution in [0.1, 0.15) is 26.3 Å². The molecule has 1 aliphatic rings. The highest BCUT2D eigenvalue weighted by molar-refractivity contribution is 6.34. The van der Waals surface area contributed by atoms with Crippen LogP contribution in [-0.4, -0.2) is 26.6 Å². The highest BCUT2D eigenvalue weighted by Gasteiger charge is 2.21. The number of halogens is 1. The third-order valence-corrected chi connectivity index (χ3v) is 4.17. The van der Waals surface area contributed by atoms with E-state index < -0.39 is 0 Å². The molecule has 0 radical (unpaired) electrons. The molecule has 0 atom stereocenters. The van der Waals surface area contributed by atoms with E-state index >= 15 is 0 Å². The van der Waals surface area contributed by atoms with Gasteiger partial charge in [-0.1, -0.05) is 17.7 Å². The summed E-state index contributed by atoms with van der Waals surface area (Å²) in [7, 11) is 0. The summed E-state index contributed by atoms with van der Waals surface area (Å²) in [6.07, 6.45) is 3.07. The molecular formula is C17H11ClN4O3. The second-order valence-electron chi connectivity index (χ2n) is 5.44. The molecule has 3 aromatic rings. The number of fused-ring (bicyclic) bond motifs is 1. The van der Waals surface area contributed by atoms with Gasteiger partial charge >= 0.3 is 5.97 Å². The Hall–Kier alpha value is -3.19. The van der Waals surface area contributed by atoms with Crippen LogP contribution in [0.2, 0.25) is 5.02 Å². The summed E-state index contributed by atoms with van der Waals surface area (Å²) in [5.41, 5.74) is 2.83. The van der Waals surface area contributed by atoms with Crippen molar-refractivity contribution in [2.24, 2.45) is 0 Å². The fraction of sp³-hybridized carbons (Fsp3) is 0.0588. The van der Waals surface area contributed by atoms with E-state index in [4.69, 9.17) is 16.3 Å². The van der Waals surface area contributed by atoms with Gasteiger partial charge in [-0.2, -0.15) is 0 Å². The Morgan fingerprint density at radius 2 is 1.96 bits per heavy atom. The summed E-state index contributed by atoms with van der Waals surface area (Å²) in [5.74, 6) is -0.756. The number of cyclic esters (lactones) is 1. The summed E-state index contributed by atoms with van der Waals surface area (Å²) in [4.78, 5) is 24.1. The number of benzene rings is 2. The molecule has 25 heavy (non-hydrogen) atoms. The molecule has 2 heterocycles. The van der Waals surface area contributed by atoms with Gasteiger partial charge in [0.05, 0.1) is 16.1 Å². The number of carbonyl (C=O) groups is 2. The van der Waals surface area contributed by atoms with Crippen LogP contribution >= 0.6 is 11.6 Å². The lowest BCUT2D eigenvalue weighted by atomic mass is 10.1. The quantitative estimate of drug-likeness (QED) is 0.731. The Morgan fingerprint density at radius 1 is 1.16 bits per heavy atom. The summed E-state index contributed by atoms with van der Waals surface area (Å²) in [6.45, 7) is 0.263. The van der Waals surface area contributed by atoms with E-state index in [1.165, 1.54) is 12.7 Å². The number of ether oxygens (including phenoxy) is 1. The Morgan fingerprint density at radius 3 is 2.72 bits per heavy atom. The predicted molar refractivity (Wildman–Crippen MR) is 89.9 cm³/mol. The van der Waals surface area contributed by atoms with Crippen LogP contribution in [0.25, 0.3) is 5.69 Å². The number of anilines is 1. The third kappa shape index (κ3) is 2.85. The number of rotatable bonds is 3. The first kappa shape index (κ1) is 15.3. The van der Waals surface area contributed by atoms with E-state index in [1.807, 2.05) is 0 Å². The summed E-state index contributed by atoms with van der Waals surface area (Å²) in [6, 6.07) is 10.1. The van der Waals surface area contributed by atoms with Crippen LogP contribution in [0.3, 0.4) is 0 Å². The van der Waals surface area contributed by atoms with Gasteiger partial charge in [0.15, 0.2) is 0 Å². The molecule has 0 bridgehead atoms. The first-order valence-electron chi connectivity index (χ1n) is 7.38. The van der Waals surface area contributed by atoms with Crippen LogP contribution in [-0.2, 0) is 11.3 Å². The van der Waals surface area contributed by atoms with Crippen molar-refractivity contribution in [2.45, 2.75) is 6.61 Å². The van der Waals surface area contributed by atoms with Crippen LogP contribution in [0.5, 0.6) is 0 Å². The summed E-state index contributed by atoms with van der Waals surface area (Å²) < 4.78 is 6.63. The van der Waals surface area contributed by atoms with Gasteiger partial charge in [-0.05, 0) is 30.3 Å². The maximum absolute atomic E-state index is 12.5. The normalized spacial score (nSPS) is 12.6. The van der Waals surface area contributed by atoms with Crippen LogP contribution in [0.4, 0.5) is 5.69 Å². The fourth-order valence-corrected chi connectivity index (χ4v) is 2.83. The smallest absolute Gasteiger partial charge is 0.338 e. The average molecular weight is 355 g/mol. The fourth-order valence-electron chi connectivity index (χ4n) is 2.57. The van der Waals surface area contributed by atoms with Crippen molar-refractivity contribution in [3.8, 4) is 5.69 Å². The van der Waals surface area contributed by atoms with Crippen molar-refractivity contribution < 1.29 is 14.3 Å². The lowest BCUT2D eigenvalue weighted by molar-refractivity contribution is 0.0535. The van der Waals surface area contributed by atoms with Gasteiger partial charge in [-0.15, -0.1) is 10.2 Å². The van der Waals surface area contributed by atoms with Crippen molar-refractivity contribution in [3.63, 3.8) is 0 Å². The molecule has 0 saturated carbocycles. The van der Waals surface area contributed by atoms with E-state index in [0.717, 1.165) is 11.3 Å². The molecule has 8 heteroatoms. The lowest BCUT2D eigenvalue weighted by Gasteiger charge is -2.09. The van der Waals surface area contributed by atoms with E-state index in [1.54, 1.807) is 41.0 Å². The van der Waals surface area contributed by atoms with Crippen molar-refractivity contribution >= 4 is 29.2 Å². The number of hydrogen-bond acceptors (Lipinski definition) is 5. The third-order valence-electron chi connectivity index (χ3n) is 3.86. The van der Waals surface area contributed by atoms with E-state index in [2.05, 4.69) is 15.5 Å². The number of amides is 1. The van der Waals surface area contributed by atoms with Crippen molar-refractivity contribution in [1.82, 2.24) is 14.8 Å². The minimum atomic E-state index is -0.387. The summed E-state index contributed by atoms with van der Waals surface area (Å²) >= 11 is 6.24. The van der Waals surface area contributed by atoms with Crippen LogP contribution in [0, 0.1) is 0 Å². The van der Waals surface area contributed by atoms with Gasteiger partial charge in [-0.25, -0.2) is 4.79 Å². The second kappa shape index (κ2) is 6.03. The van der Waals surface area contributed by atoms with Gasteiger partial charge in [0, 0.05) is 16.9 Å². The number of aromatic nitrogens is 3. The van der Waals surface area contributed by atoms with Crippen molar-refractivity contribution in [2.75, 3.05) is 5.32 Å². The molecule has 1 aliphatic heterocycles. The van der Waals surface area contributed by atoms with Gasteiger partial charge in [-0.3, -0.25) is 9.36 Å². The number of hydrogen-bond donors (Lipinski definition) is 1. The molecule has 0 unspecified atom stereocenters. The highest BCUT2D eigenvalue weighted by Crippen LogP contribution is 2.25. The Kier molecular flexibility index (Phi) is 3.70. The number of nitrogens with one attached hydrogen (secondary N) is 1. The zero-order chi connectivity index (χ0) is 17.4. The zero-order valence-corrected chi connectivity index (χ0v) is 13.5. The number of carbonyl (C=O) groups excluding carboxylic acids is 2. The Balaban J connectivity index is 1.57. The first-order chi connectivity index (χ1) is 12.1. The van der Waals surface area contributed by atoms with Crippen molar-refractivity contribution in [3.05, 3.63) is 70.8 Å². The molecule has 1 aromatic heterocycles. The topological polar surface area (TPSA) is 86.1 Å². The number of esters is 1. The predicted octanol–water partition coefficient (Wildman–Crippen LogP) is 2.84.